The number of aromatic nitrogens is 2. The van der Waals surface area contributed by atoms with Crippen LogP contribution in [0.5, 0.6) is 5.75 Å². The van der Waals surface area contributed by atoms with E-state index >= 15 is 0 Å². The SMILES string of the molecule is CCOc1ccc(-c2[nH]nc(N)c2I)cc1CC. The van der Waals surface area contributed by atoms with Crippen molar-refractivity contribution in [2.24, 2.45) is 0 Å². The summed E-state index contributed by atoms with van der Waals surface area (Å²) in [5.74, 6) is 1.49. The molecule has 3 N–H and O–H groups in total. The molecule has 2 rings (SSSR count). The summed E-state index contributed by atoms with van der Waals surface area (Å²) in [5.41, 5.74) is 9.00. The molecule has 96 valence electrons. The molecule has 0 bridgehead atoms. The third-order valence-electron chi connectivity index (χ3n) is 2.76. The van der Waals surface area contributed by atoms with E-state index in [1.165, 1.54) is 5.56 Å². The number of halogens is 1. The second kappa shape index (κ2) is 5.60. The third kappa shape index (κ3) is 2.45. The molecule has 0 spiro atoms. The summed E-state index contributed by atoms with van der Waals surface area (Å²) >= 11 is 2.20. The zero-order chi connectivity index (χ0) is 13.1. The van der Waals surface area contributed by atoms with Crippen LogP contribution in [0.2, 0.25) is 0 Å². The van der Waals surface area contributed by atoms with E-state index in [0.717, 1.165) is 27.0 Å². The maximum Gasteiger partial charge on any atom is 0.159 e. The molecule has 0 saturated heterocycles. The Morgan fingerprint density at radius 3 is 2.72 bits per heavy atom. The number of hydrogen-bond acceptors (Lipinski definition) is 3. The smallest absolute Gasteiger partial charge is 0.159 e. The van der Waals surface area contributed by atoms with Crippen LogP contribution in [0.4, 0.5) is 5.82 Å². The number of anilines is 1. The van der Waals surface area contributed by atoms with Crippen molar-refractivity contribution in [1.82, 2.24) is 10.2 Å². The predicted molar refractivity (Wildman–Crippen MR) is 81.7 cm³/mol. The highest BCUT2D eigenvalue weighted by atomic mass is 127. The molecule has 0 aliphatic rings. The van der Waals surface area contributed by atoms with Crippen LogP contribution < -0.4 is 10.5 Å². The van der Waals surface area contributed by atoms with Crippen molar-refractivity contribution >= 4 is 28.4 Å². The van der Waals surface area contributed by atoms with E-state index in [1.807, 2.05) is 19.1 Å². The molecule has 0 unspecified atom stereocenters. The summed E-state index contributed by atoms with van der Waals surface area (Å²) in [6.45, 7) is 4.79. The normalized spacial score (nSPS) is 10.6. The number of aryl methyl sites for hydroxylation is 1. The first-order valence-corrected chi connectivity index (χ1v) is 7.00. The van der Waals surface area contributed by atoms with Gasteiger partial charge in [-0.25, -0.2) is 0 Å². The topological polar surface area (TPSA) is 63.9 Å². The summed E-state index contributed by atoms with van der Waals surface area (Å²) in [6.07, 6.45) is 0.934. The maximum atomic E-state index is 5.75. The van der Waals surface area contributed by atoms with Crippen LogP contribution in [0, 0.1) is 3.57 Å². The lowest BCUT2D eigenvalue weighted by Crippen LogP contribution is -1.96. The fourth-order valence-corrected chi connectivity index (χ4v) is 2.39. The number of aromatic amines is 1. The Labute approximate surface area is 120 Å². The van der Waals surface area contributed by atoms with Gasteiger partial charge >= 0.3 is 0 Å². The zero-order valence-corrected chi connectivity index (χ0v) is 12.6. The molecule has 0 aliphatic heterocycles. The molecule has 4 nitrogen and oxygen atoms in total. The summed E-state index contributed by atoms with van der Waals surface area (Å²) in [5, 5.41) is 6.99. The van der Waals surface area contributed by atoms with E-state index in [-0.39, 0.29) is 0 Å². The van der Waals surface area contributed by atoms with Crippen LogP contribution in [-0.4, -0.2) is 16.8 Å². The molecule has 1 aromatic heterocycles. The van der Waals surface area contributed by atoms with Gasteiger partial charge in [-0.05, 0) is 59.7 Å². The molecule has 2 aromatic rings. The van der Waals surface area contributed by atoms with Crippen molar-refractivity contribution in [3.8, 4) is 17.0 Å². The minimum Gasteiger partial charge on any atom is -0.494 e. The van der Waals surface area contributed by atoms with Gasteiger partial charge in [0.2, 0.25) is 0 Å². The average Bonchev–Trinajstić information content (AvgIpc) is 2.71. The Morgan fingerprint density at radius 2 is 2.17 bits per heavy atom. The Morgan fingerprint density at radius 1 is 1.39 bits per heavy atom. The first-order valence-electron chi connectivity index (χ1n) is 5.92. The van der Waals surface area contributed by atoms with E-state index < -0.39 is 0 Å². The highest BCUT2D eigenvalue weighted by Gasteiger charge is 2.11. The molecule has 1 aromatic carbocycles. The van der Waals surface area contributed by atoms with Crippen molar-refractivity contribution in [2.45, 2.75) is 20.3 Å². The van der Waals surface area contributed by atoms with Crippen molar-refractivity contribution in [2.75, 3.05) is 12.3 Å². The van der Waals surface area contributed by atoms with Gasteiger partial charge in [0.15, 0.2) is 5.82 Å². The van der Waals surface area contributed by atoms with Crippen LogP contribution in [0.3, 0.4) is 0 Å². The molecule has 0 saturated carbocycles. The monoisotopic (exact) mass is 357 g/mol. The Kier molecular flexibility index (Phi) is 4.11. The third-order valence-corrected chi connectivity index (χ3v) is 3.85. The van der Waals surface area contributed by atoms with Crippen LogP contribution in [0.25, 0.3) is 11.3 Å². The van der Waals surface area contributed by atoms with E-state index in [1.54, 1.807) is 0 Å². The minimum atomic E-state index is 0.539. The molecule has 0 atom stereocenters. The highest BCUT2D eigenvalue weighted by Crippen LogP contribution is 2.30. The van der Waals surface area contributed by atoms with Gasteiger partial charge in [0.05, 0.1) is 15.9 Å². The van der Waals surface area contributed by atoms with Crippen molar-refractivity contribution in [1.29, 1.82) is 0 Å². The predicted octanol–water partition coefficient (Wildman–Crippen LogP) is 3.22. The first kappa shape index (κ1) is 13.2. The number of nitrogens with two attached hydrogens (primary N) is 1. The Balaban J connectivity index is 2.44. The number of hydrogen-bond donors (Lipinski definition) is 2. The van der Waals surface area contributed by atoms with E-state index in [2.05, 4.69) is 45.8 Å². The lowest BCUT2D eigenvalue weighted by molar-refractivity contribution is 0.337. The van der Waals surface area contributed by atoms with Gasteiger partial charge in [-0.3, -0.25) is 5.10 Å². The molecule has 18 heavy (non-hydrogen) atoms. The number of benzene rings is 1. The summed E-state index contributed by atoms with van der Waals surface area (Å²) < 4.78 is 6.56. The second-order valence-electron chi connectivity index (χ2n) is 3.91. The van der Waals surface area contributed by atoms with Crippen LogP contribution in [0.15, 0.2) is 18.2 Å². The molecular weight excluding hydrogens is 341 g/mol. The molecule has 5 heteroatoms. The largest absolute Gasteiger partial charge is 0.494 e. The van der Waals surface area contributed by atoms with Crippen LogP contribution in [-0.2, 0) is 6.42 Å². The van der Waals surface area contributed by atoms with Gasteiger partial charge in [0.25, 0.3) is 0 Å². The number of nitrogen functional groups attached to an aromatic ring is 1. The number of ether oxygens (including phenoxy) is 1. The van der Waals surface area contributed by atoms with Crippen LogP contribution >= 0.6 is 22.6 Å². The highest BCUT2D eigenvalue weighted by molar-refractivity contribution is 14.1. The summed E-state index contributed by atoms with van der Waals surface area (Å²) in [7, 11) is 0. The quantitative estimate of drug-likeness (QED) is 0.826. The lowest BCUT2D eigenvalue weighted by Gasteiger charge is -2.10. The van der Waals surface area contributed by atoms with Gasteiger partial charge in [-0.2, -0.15) is 5.10 Å². The number of rotatable bonds is 4. The second-order valence-corrected chi connectivity index (χ2v) is 4.99. The maximum absolute atomic E-state index is 5.75. The molecule has 0 radical (unpaired) electrons. The summed E-state index contributed by atoms with van der Waals surface area (Å²) in [4.78, 5) is 0. The fourth-order valence-electron chi connectivity index (χ4n) is 1.84. The van der Waals surface area contributed by atoms with Gasteiger partial charge in [-0.15, -0.1) is 0 Å². The van der Waals surface area contributed by atoms with E-state index in [4.69, 9.17) is 10.5 Å². The van der Waals surface area contributed by atoms with Gasteiger partial charge in [-0.1, -0.05) is 6.92 Å². The number of H-pyrrole nitrogens is 1. The standard InChI is InChI=1S/C13H16IN3O/c1-3-8-7-9(5-6-10(8)18-4-2)12-11(14)13(15)17-16-12/h5-7H,3-4H2,1-2H3,(H3,15,16,17). The molecule has 0 aliphatic carbocycles. The van der Waals surface area contributed by atoms with Crippen molar-refractivity contribution in [3.05, 3.63) is 27.3 Å². The van der Waals surface area contributed by atoms with Gasteiger partial charge < -0.3 is 10.5 Å². The minimum absolute atomic E-state index is 0.539. The van der Waals surface area contributed by atoms with Crippen molar-refractivity contribution in [3.63, 3.8) is 0 Å². The van der Waals surface area contributed by atoms with E-state index in [9.17, 15) is 0 Å². The van der Waals surface area contributed by atoms with Crippen LogP contribution in [0.1, 0.15) is 19.4 Å². The molecule has 1 heterocycles. The molecule has 0 fully saturated rings. The first-order chi connectivity index (χ1) is 8.67. The molecular formula is C13H16IN3O. The van der Waals surface area contributed by atoms with Crippen molar-refractivity contribution < 1.29 is 4.74 Å². The zero-order valence-electron chi connectivity index (χ0n) is 10.5. The van der Waals surface area contributed by atoms with E-state index in [0.29, 0.717) is 12.4 Å². The fraction of sp³-hybridized carbons (Fsp3) is 0.308. The number of nitrogens with zero attached hydrogens (tertiary/aromatic N) is 1. The van der Waals surface area contributed by atoms with Gasteiger partial charge in [0.1, 0.15) is 5.75 Å². The lowest BCUT2D eigenvalue weighted by atomic mass is 10.1. The Hall–Kier alpha value is -1.24. The molecule has 0 amide bonds. The average molecular weight is 357 g/mol. The Bertz CT molecular complexity index is 551. The summed E-state index contributed by atoms with van der Waals surface area (Å²) in [6, 6.07) is 6.16. The number of nitrogens with one attached hydrogen (secondary N) is 1. The van der Waals surface area contributed by atoms with Gasteiger partial charge in [0, 0.05) is 5.56 Å².